The Labute approximate surface area is 111 Å². The number of aryl methyl sites for hydroxylation is 1. The van der Waals surface area contributed by atoms with Crippen LogP contribution < -0.4 is 0 Å². The third kappa shape index (κ3) is 3.10. The highest BCUT2D eigenvalue weighted by Gasteiger charge is 2.03. The molecule has 0 aliphatic carbocycles. The summed E-state index contributed by atoms with van der Waals surface area (Å²) in [5, 5.41) is 11.3. The number of rotatable bonds is 5. The Morgan fingerprint density at radius 1 is 1.50 bits per heavy atom. The van der Waals surface area contributed by atoms with Crippen LogP contribution in [0.5, 0.6) is 0 Å². The third-order valence-electron chi connectivity index (χ3n) is 2.46. The summed E-state index contributed by atoms with van der Waals surface area (Å²) in [5.74, 6) is 0.856. The Morgan fingerprint density at radius 2 is 2.39 bits per heavy atom. The lowest BCUT2D eigenvalue weighted by atomic mass is 10.2. The fourth-order valence-electron chi connectivity index (χ4n) is 1.51. The lowest BCUT2D eigenvalue weighted by Gasteiger charge is -1.98. The number of H-pyrrole nitrogens is 1. The molecule has 0 fully saturated rings. The standard InChI is InChI=1S/C12H15N5S/c1-2-3-7-11-15-16-12(18)17(11)14-9-10-6-4-5-8-13-10/h4-6,8-9H,2-3,7H2,1H3,(H,16,18)/b14-9+. The minimum Gasteiger partial charge on any atom is -0.255 e. The molecule has 0 spiro atoms. The van der Waals surface area contributed by atoms with Gasteiger partial charge in [-0.2, -0.15) is 14.9 Å². The van der Waals surface area contributed by atoms with E-state index in [9.17, 15) is 0 Å². The molecule has 1 N–H and O–H groups in total. The molecule has 6 heteroatoms. The van der Waals surface area contributed by atoms with E-state index in [1.807, 2.05) is 18.2 Å². The maximum Gasteiger partial charge on any atom is 0.216 e. The first-order chi connectivity index (χ1) is 8.81. The van der Waals surface area contributed by atoms with Gasteiger partial charge in [0.05, 0.1) is 11.9 Å². The zero-order valence-corrected chi connectivity index (χ0v) is 11.0. The second-order valence-corrected chi connectivity index (χ2v) is 4.25. The van der Waals surface area contributed by atoms with E-state index in [-0.39, 0.29) is 0 Å². The quantitative estimate of drug-likeness (QED) is 0.664. The molecule has 2 aromatic rings. The van der Waals surface area contributed by atoms with Gasteiger partial charge in [-0.25, -0.2) is 0 Å². The van der Waals surface area contributed by atoms with Crippen molar-refractivity contribution in [3.63, 3.8) is 0 Å². The number of hydrogen-bond acceptors (Lipinski definition) is 4. The maximum absolute atomic E-state index is 5.15. The van der Waals surface area contributed by atoms with Crippen LogP contribution in [-0.4, -0.2) is 26.1 Å². The highest BCUT2D eigenvalue weighted by Crippen LogP contribution is 2.03. The molecule has 94 valence electrons. The summed E-state index contributed by atoms with van der Waals surface area (Å²) in [6, 6.07) is 5.67. The normalized spacial score (nSPS) is 11.2. The second-order valence-electron chi connectivity index (χ2n) is 3.86. The fraction of sp³-hybridized carbons (Fsp3) is 0.333. The number of hydrogen-bond donors (Lipinski definition) is 1. The van der Waals surface area contributed by atoms with E-state index in [4.69, 9.17) is 12.2 Å². The summed E-state index contributed by atoms with van der Waals surface area (Å²) in [6.07, 6.45) is 6.46. The molecule has 2 aromatic heterocycles. The number of aromatic nitrogens is 4. The van der Waals surface area contributed by atoms with Crippen molar-refractivity contribution in [2.75, 3.05) is 0 Å². The predicted molar refractivity (Wildman–Crippen MR) is 73.3 cm³/mol. The highest BCUT2D eigenvalue weighted by atomic mass is 32.1. The van der Waals surface area contributed by atoms with Crippen LogP contribution in [-0.2, 0) is 6.42 Å². The van der Waals surface area contributed by atoms with Crippen molar-refractivity contribution in [3.05, 3.63) is 40.7 Å². The van der Waals surface area contributed by atoms with E-state index >= 15 is 0 Å². The summed E-state index contributed by atoms with van der Waals surface area (Å²) in [6.45, 7) is 2.14. The van der Waals surface area contributed by atoms with Crippen LogP contribution in [0.15, 0.2) is 29.5 Å². The van der Waals surface area contributed by atoms with E-state index in [2.05, 4.69) is 27.2 Å². The van der Waals surface area contributed by atoms with Crippen LogP contribution in [0.1, 0.15) is 31.3 Å². The summed E-state index contributed by atoms with van der Waals surface area (Å²) in [4.78, 5) is 4.17. The molecular weight excluding hydrogens is 246 g/mol. The fourth-order valence-corrected chi connectivity index (χ4v) is 1.71. The second kappa shape index (κ2) is 6.20. The molecule has 0 aliphatic heterocycles. The summed E-state index contributed by atoms with van der Waals surface area (Å²) >= 11 is 5.15. The van der Waals surface area contributed by atoms with Gasteiger partial charge in [-0.3, -0.25) is 10.1 Å². The molecule has 2 rings (SSSR count). The van der Waals surface area contributed by atoms with E-state index in [0.29, 0.717) is 4.77 Å². The Hall–Kier alpha value is -1.82. The van der Waals surface area contributed by atoms with Crippen LogP contribution in [0.3, 0.4) is 0 Å². The topological polar surface area (TPSA) is 58.9 Å². The molecule has 0 aliphatic rings. The van der Waals surface area contributed by atoms with Crippen molar-refractivity contribution >= 4 is 18.4 Å². The van der Waals surface area contributed by atoms with Crippen molar-refractivity contribution < 1.29 is 0 Å². The summed E-state index contributed by atoms with van der Waals surface area (Å²) in [5.41, 5.74) is 0.794. The van der Waals surface area contributed by atoms with Gasteiger partial charge >= 0.3 is 0 Å². The van der Waals surface area contributed by atoms with Crippen molar-refractivity contribution in [2.45, 2.75) is 26.2 Å². The van der Waals surface area contributed by atoms with Crippen molar-refractivity contribution in [1.82, 2.24) is 19.9 Å². The van der Waals surface area contributed by atoms with E-state index in [1.165, 1.54) is 0 Å². The maximum atomic E-state index is 5.15. The largest absolute Gasteiger partial charge is 0.255 e. The zero-order chi connectivity index (χ0) is 12.8. The van der Waals surface area contributed by atoms with Crippen molar-refractivity contribution in [1.29, 1.82) is 0 Å². The van der Waals surface area contributed by atoms with Gasteiger partial charge in [0, 0.05) is 12.6 Å². The van der Waals surface area contributed by atoms with E-state index in [1.54, 1.807) is 17.1 Å². The lowest BCUT2D eigenvalue weighted by molar-refractivity contribution is 0.700. The lowest BCUT2D eigenvalue weighted by Crippen LogP contribution is -1.99. The van der Waals surface area contributed by atoms with Gasteiger partial charge < -0.3 is 0 Å². The Morgan fingerprint density at radius 3 is 3.11 bits per heavy atom. The van der Waals surface area contributed by atoms with E-state index in [0.717, 1.165) is 30.8 Å². The van der Waals surface area contributed by atoms with Gasteiger partial charge in [0.15, 0.2) is 5.82 Å². The summed E-state index contributed by atoms with van der Waals surface area (Å²) in [7, 11) is 0. The number of nitrogens with one attached hydrogen (secondary N) is 1. The van der Waals surface area contributed by atoms with Crippen molar-refractivity contribution in [3.8, 4) is 0 Å². The Balaban J connectivity index is 2.20. The minimum absolute atomic E-state index is 0.508. The van der Waals surface area contributed by atoms with Crippen LogP contribution in [0, 0.1) is 4.77 Å². The molecule has 0 unspecified atom stereocenters. The smallest absolute Gasteiger partial charge is 0.216 e. The first-order valence-electron chi connectivity index (χ1n) is 5.93. The van der Waals surface area contributed by atoms with Crippen LogP contribution >= 0.6 is 12.2 Å². The molecule has 0 saturated carbocycles. The molecule has 0 bridgehead atoms. The van der Waals surface area contributed by atoms with Gasteiger partial charge in [0.25, 0.3) is 0 Å². The Kier molecular flexibility index (Phi) is 4.35. The van der Waals surface area contributed by atoms with Gasteiger partial charge in [-0.05, 0) is 30.8 Å². The molecule has 2 heterocycles. The molecule has 18 heavy (non-hydrogen) atoms. The summed E-state index contributed by atoms with van der Waals surface area (Å²) < 4.78 is 2.16. The molecule has 0 aromatic carbocycles. The SMILES string of the molecule is CCCCc1n[nH]c(=S)n1/N=C/c1ccccn1. The zero-order valence-electron chi connectivity index (χ0n) is 10.2. The number of aromatic amines is 1. The third-order valence-corrected chi connectivity index (χ3v) is 2.73. The molecule has 0 saturated heterocycles. The first-order valence-corrected chi connectivity index (χ1v) is 6.33. The van der Waals surface area contributed by atoms with Gasteiger partial charge in [0.1, 0.15) is 0 Å². The van der Waals surface area contributed by atoms with Gasteiger partial charge in [-0.1, -0.05) is 19.4 Å². The monoisotopic (exact) mass is 261 g/mol. The van der Waals surface area contributed by atoms with Gasteiger partial charge in [0.2, 0.25) is 4.77 Å². The van der Waals surface area contributed by atoms with Crippen LogP contribution in [0.25, 0.3) is 0 Å². The highest BCUT2D eigenvalue weighted by molar-refractivity contribution is 7.71. The average molecular weight is 261 g/mol. The minimum atomic E-state index is 0.508. The van der Waals surface area contributed by atoms with Crippen molar-refractivity contribution in [2.24, 2.45) is 5.10 Å². The van der Waals surface area contributed by atoms with Gasteiger partial charge in [-0.15, -0.1) is 0 Å². The molecule has 0 amide bonds. The number of nitrogens with zero attached hydrogens (tertiary/aromatic N) is 4. The van der Waals surface area contributed by atoms with Crippen LogP contribution in [0.2, 0.25) is 0 Å². The Bertz CT molecular complexity index is 570. The number of pyridine rings is 1. The van der Waals surface area contributed by atoms with Crippen LogP contribution in [0.4, 0.5) is 0 Å². The molecular formula is C12H15N5S. The molecule has 5 nitrogen and oxygen atoms in total. The number of unbranched alkanes of at least 4 members (excludes halogenated alkanes) is 1. The molecule has 0 radical (unpaired) electrons. The van der Waals surface area contributed by atoms with E-state index < -0.39 is 0 Å². The first kappa shape index (κ1) is 12.6. The molecule has 0 atom stereocenters. The predicted octanol–water partition coefficient (Wildman–Crippen LogP) is 2.56. The average Bonchev–Trinajstić information content (AvgIpc) is 2.76.